The fourth-order valence-electron chi connectivity index (χ4n) is 4.54. The third-order valence-corrected chi connectivity index (χ3v) is 8.36. The molecule has 33 heavy (non-hydrogen) atoms. The molecule has 0 saturated carbocycles. The highest BCUT2D eigenvalue weighted by Gasteiger charge is 2.34. The van der Waals surface area contributed by atoms with Crippen LogP contribution in [0.4, 0.5) is 0 Å². The first-order valence-electron chi connectivity index (χ1n) is 12.1. The molecule has 1 N–H and O–H groups in total. The molecule has 3 heterocycles. The van der Waals surface area contributed by atoms with E-state index in [1.165, 1.54) is 42.2 Å². The lowest BCUT2D eigenvalue weighted by Gasteiger charge is -2.33. The monoisotopic (exact) mass is 483 g/mol. The Morgan fingerprint density at radius 2 is 1.88 bits per heavy atom. The van der Waals surface area contributed by atoms with E-state index in [2.05, 4.69) is 17.1 Å². The normalized spacial score (nSPS) is 21.1. The van der Waals surface area contributed by atoms with E-state index in [1.54, 1.807) is 6.92 Å². The maximum atomic E-state index is 12.8. The third kappa shape index (κ3) is 6.80. The lowest BCUT2D eigenvalue weighted by molar-refractivity contribution is -0.126. The number of unbranched alkanes of at least 4 members (excludes halogenated alkanes) is 1. The van der Waals surface area contributed by atoms with E-state index in [1.807, 2.05) is 0 Å². The summed E-state index contributed by atoms with van der Waals surface area (Å²) in [6.07, 6.45) is 6.81. The lowest BCUT2D eigenvalue weighted by Crippen LogP contribution is -2.43. The lowest BCUT2D eigenvalue weighted by atomic mass is 9.97. The second-order valence-corrected chi connectivity index (χ2v) is 10.8. The topological polar surface area (TPSA) is 109 Å². The van der Waals surface area contributed by atoms with Gasteiger partial charge in [-0.2, -0.15) is 4.31 Å². The highest BCUT2D eigenvalue weighted by Crippen LogP contribution is 2.25. The molecule has 0 radical (unpaired) electrons. The third-order valence-electron chi connectivity index (χ3n) is 6.59. The van der Waals surface area contributed by atoms with Crippen LogP contribution >= 0.6 is 0 Å². The summed E-state index contributed by atoms with van der Waals surface area (Å²) in [4.78, 5) is 26.8. The highest BCUT2D eigenvalue weighted by molar-refractivity contribution is 7.89. The van der Waals surface area contributed by atoms with Crippen molar-refractivity contribution in [3.63, 3.8) is 0 Å². The average molecular weight is 484 g/mol. The molecule has 1 aromatic rings. The van der Waals surface area contributed by atoms with Gasteiger partial charge in [0.15, 0.2) is 0 Å². The number of ether oxygens (including phenoxy) is 1. The van der Waals surface area contributed by atoms with Crippen molar-refractivity contribution in [1.29, 1.82) is 0 Å². The van der Waals surface area contributed by atoms with Crippen molar-refractivity contribution >= 4 is 21.9 Å². The van der Waals surface area contributed by atoms with Gasteiger partial charge >= 0.3 is 5.97 Å². The maximum absolute atomic E-state index is 12.8. The van der Waals surface area contributed by atoms with E-state index in [4.69, 9.17) is 9.15 Å². The molecule has 186 valence electrons. The number of hydrogen-bond acceptors (Lipinski definition) is 7. The van der Waals surface area contributed by atoms with Crippen LogP contribution in [0.2, 0.25) is 0 Å². The standard InChI is InChI=1S/C23H37N3O6S/c1-3-31-23(28)20-9-10-21(32-20)33(29,30)26-16-11-19(12-17-26)22(27)24-13-5-7-15-25-14-6-4-8-18(25)2/h9-10,18-19H,3-8,11-17H2,1-2H3,(H,24,27). The van der Waals surface area contributed by atoms with Crippen molar-refractivity contribution in [2.24, 2.45) is 5.92 Å². The van der Waals surface area contributed by atoms with Crippen molar-refractivity contribution < 1.29 is 27.2 Å². The van der Waals surface area contributed by atoms with Gasteiger partial charge in [-0.1, -0.05) is 6.42 Å². The fraction of sp³-hybridized carbons (Fsp3) is 0.739. The summed E-state index contributed by atoms with van der Waals surface area (Å²) < 4.78 is 37.0. The second-order valence-electron chi connectivity index (χ2n) is 8.90. The zero-order valence-corrected chi connectivity index (χ0v) is 20.6. The molecule has 0 aromatic carbocycles. The minimum atomic E-state index is -3.86. The maximum Gasteiger partial charge on any atom is 0.374 e. The van der Waals surface area contributed by atoms with Gasteiger partial charge in [-0.3, -0.25) is 4.79 Å². The first-order valence-corrected chi connectivity index (χ1v) is 13.6. The number of piperidine rings is 2. The van der Waals surface area contributed by atoms with Gasteiger partial charge in [0, 0.05) is 31.6 Å². The number of amides is 1. The first-order chi connectivity index (χ1) is 15.8. The summed E-state index contributed by atoms with van der Waals surface area (Å²) in [7, 11) is -3.86. The van der Waals surface area contributed by atoms with E-state index in [0.29, 0.717) is 25.4 Å². The van der Waals surface area contributed by atoms with Crippen LogP contribution in [0, 0.1) is 5.92 Å². The van der Waals surface area contributed by atoms with Crippen LogP contribution in [0.15, 0.2) is 21.6 Å². The van der Waals surface area contributed by atoms with E-state index in [-0.39, 0.29) is 42.4 Å². The largest absolute Gasteiger partial charge is 0.460 e. The van der Waals surface area contributed by atoms with Gasteiger partial charge in [0.1, 0.15) is 0 Å². The Morgan fingerprint density at radius 3 is 2.58 bits per heavy atom. The molecule has 2 aliphatic heterocycles. The number of hydrogen-bond donors (Lipinski definition) is 1. The van der Waals surface area contributed by atoms with Crippen molar-refractivity contribution in [2.75, 3.05) is 39.3 Å². The Labute approximate surface area is 196 Å². The number of esters is 1. The van der Waals surface area contributed by atoms with Gasteiger partial charge in [0.25, 0.3) is 10.0 Å². The molecular weight excluding hydrogens is 446 g/mol. The highest BCUT2D eigenvalue weighted by atomic mass is 32.2. The SMILES string of the molecule is CCOC(=O)c1ccc(S(=O)(=O)N2CCC(C(=O)NCCCCN3CCCCC3C)CC2)o1. The average Bonchev–Trinajstić information content (AvgIpc) is 3.32. The summed E-state index contributed by atoms with van der Waals surface area (Å²) in [6.45, 7) is 7.52. The van der Waals surface area contributed by atoms with Crippen LogP contribution in [-0.2, 0) is 19.6 Å². The van der Waals surface area contributed by atoms with Gasteiger partial charge in [-0.25, -0.2) is 13.2 Å². The number of nitrogens with one attached hydrogen (secondary N) is 1. The van der Waals surface area contributed by atoms with E-state index >= 15 is 0 Å². The van der Waals surface area contributed by atoms with Crippen molar-refractivity contribution in [2.45, 2.75) is 69.9 Å². The molecular formula is C23H37N3O6S. The molecule has 1 atom stereocenters. The number of sulfonamides is 1. The number of carbonyl (C=O) groups is 2. The van der Waals surface area contributed by atoms with E-state index in [9.17, 15) is 18.0 Å². The van der Waals surface area contributed by atoms with Crippen LogP contribution in [-0.4, -0.2) is 74.9 Å². The van der Waals surface area contributed by atoms with Crippen LogP contribution in [0.5, 0.6) is 0 Å². The Balaban J connectivity index is 1.39. The minimum Gasteiger partial charge on any atom is -0.460 e. The number of rotatable bonds is 10. The summed E-state index contributed by atoms with van der Waals surface area (Å²) in [6, 6.07) is 3.23. The molecule has 10 heteroatoms. The smallest absolute Gasteiger partial charge is 0.374 e. The van der Waals surface area contributed by atoms with Gasteiger partial charge in [-0.05, 0) is 77.6 Å². The van der Waals surface area contributed by atoms with E-state index in [0.717, 1.165) is 19.4 Å². The van der Waals surface area contributed by atoms with Gasteiger partial charge < -0.3 is 19.4 Å². The van der Waals surface area contributed by atoms with Crippen LogP contribution < -0.4 is 5.32 Å². The molecule has 0 bridgehead atoms. The summed E-state index contributed by atoms with van der Waals surface area (Å²) >= 11 is 0. The molecule has 3 rings (SSSR count). The number of furan rings is 1. The predicted molar refractivity (Wildman–Crippen MR) is 123 cm³/mol. The Morgan fingerprint density at radius 1 is 1.12 bits per heavy atom. The van der Waals surface area contributed by atoms with Crippen LogP contribution in [0.3, 0.4) is 0 Å². The summed E-state index contributed by atoms with van der Waals surface area (Å²) in [5, 5.41) is 2.74. The Bertz CT molecular complexity index is 892. The summed E-state index contributed by atoms with van der Waals surface area (Å²) in [5.41, 5.74) is 0. The number of nitrogens with zero attached hydrogens (tertiary/aromatic N) is 2. The second kappa shape index (κ2) is 12.0. The molecule has 0 aliphatic carbocycles. The van der Waals surface area contributed by atoms with Crippen molar-refractivity contribution in [1.82, 2.24) is 14.5 Å². The molecule has 2 saturated heterocycles. The van der Waals surface area contributed by atoms with Gasteiger partial charge in [0.2, 0.25) is 16.8 Å². The molecule has 1 aromatic heterocycles. The molecule has 0 spiro atoms. The zero-order chi connectivity index (χ0) is 23.8. The molecule has 2 fully saturated rings. The first kappa shape index (κ1) is 25.7. The molecule has 9 nitrogen and oxygen atoms in total. The Hall–Kier alpha value is -1.91. The van der Waals surface area contributed by atoms with Crippen LogP contribution in [0.25, 0.3) is 0 Å². The number of carbonyl (C=O) groups excluding carboxylic acids is 2. The predicted octanol–water partition coefficient (Wildman–Crippen LogP) is 2.63. The molecule has 2 aliphatic rings. The fourth-order valence-corrected chi connectivity index (χ4v) is 5.92. The van der Waals surface area contributed by atoms with Crippen molar-refractivity contribution in [3.8, 4) is 0 Å². The van der Waals surface area contributed by atoms with Crippen LogP contribution in [0.1, 0.15) is 69.3 Å². The number of likely N-dealkylation sites (tertiary alicyclic amines) is 1. The summed E-state index contributed by atoms with van der Waals surface area (Å²) in [5.74, 6) is -1.02. The van der Waals surface area contributed by atoms with E-state index < -0.39 is 16.0 Å². The minimum absolute atomic E-state index is 0.000912. The van der Waals surface area contributed by atoms with Gasteiger partial charge in [0.05, 0.1) is 6.61 Å². The Kier molecular flexibility index (Phi) is 9.34. The quantitative estimate of drug-likeness (QED) is 0.402. The molecule has 1 amide bonds. The van der Waals surface area contributed by atoms with Gasteiger partial charge in [-0.15, -0.1) is 0 Å². The zero-order valence-electron chi connectivity index (χ0n) is 19.8. The van der Waals surface area contributed by atoms with Crippen molar-refractivity contribution in [3.05, 3.63) is 17.9 Å². The molecule has 1 unspecified atom stereocenters.